The van der Waals surface area contributed by atoms with Crippen molar-refractivity contribution < 1.29 is 8.78 Å². The van der Waals surface area contributed by atoms with Crippen LogP contribution in [-0.2, 0) is 0 Å². The molecule has 0 aromatic carbocycles. The summed E-state index contributed by atoms with van der Waals surface area (Å²) >= 11 is 0. The molecule has 1 rings (SSSR count). The number of alkyl halides is 2. The number of rotatable bonds is 2. The number of nitrogens with zero attached hydrogens (tertiary/aromatic N) is 1. The molecule has 0 aromatic rings. The summed E-state index contributed by atoms with van der Waals surface area (Å²) in [5, 5.41) is 0. The van der Waals surface area contributed by atoms with Gasteiger partial charge in [0, 0.05) is 13.1 Å². The quantitative estimate of drug-likeness (QED) is 0.539. The van der Waals surface area contributed by atoms with Gasteiger partial charge in [-0.3, -0.25) is 9.29 Å². The maximum absolute atomic E-state index is 12.0. The first kappa shape index (κ1) is 7.92. The zero-order valence-electron chi connectivity index (χ0n) is 6.02. The van der Waals surface area contributed by atoms with E-state index < -0.39 is 0 Å². The molecule has 1 fully saturated rings. The van der Waals surface area contributed by atoms with Gasteiger partial charge in [-0.25, -0.2) is 4.39 Å². The summed E-state index contributed by atoms with van der Waals surface area (Å²) in [6, 6.07) is 0. The second-order valence-electron chi connectivity index (χ2n) is 2.84. The average Bonchev–Trinajstić information content (AvgIpc) is 2.05. The van der Waals surface area contributed by atoms with Crippen LogP contribution in [-0.4, -0.2) is 31.5 Å². The van der Waals surface area contributed by atoms with Crippen LogP contribution in [0.2, 0.25) is 0 Å². The first-order valence-corrected chi connectivity index (χ1v) is 3.71. The number of hydrogen-bond donors (Lipinski definition) is 0. The molecule has 10 heavy (non-hydrogen) atoms. The van der Waals surface area contributed by atoms with Crippen LogP contribution in [0.15, 0.2) is 0 Å². The van der Waals surface area contributed by atoms with E-state index >= 15 is 0 Å². The normalized spacial score (nSPS) is 23.4. The van der Waals surface area contributed by atoms with Gasteiger partial charge in [0.05, 0.1) is 6.67 Å². The van der Waals surface area contributed by atoms with Gasteiger partial charge in [-0.2, -0.15) is 0 Å². The average molecular weight is 149 g/mol. The lowest BCUT2D eigenvalue weighted by Gasteiger charge is -2.27. The summed E-state index contributed by atoms with van der Waals surface area (Å²) in [4.78, 5) is 1.71. The van der Waals surface area contributed by atoms with Gasteiger partial charge >= 0.3 is 0 Å². The van der Waals surface area contributed by atoms with Crippen molar-refractivity contribution in [2.75, 3.05) is 26.6 Å². The van der Waals surface area contributed by atoms with Crippen LogP contribution in [0, 0.1) is 5.92 Å². The van der Waals surface area contributed by atoms with E-state index in [0.29, 0.717) is 0 Å². The fourth-order valence-electron chi connectivity index (χ4n) is 1.26. The molecule has 1 nitrogen and oxygen atoms in total. The van der Waals surface area contributed by atoms with Gasteiger partial charge in [-0.05, 0) is 18.8 Å². The fraction of sp³-hybridized carbons (Fsp3) is 1.00. The highest BCUT2D eigenvalue weighted by Crippen LogP contribution is 2.16. The summed E-state index contributed by atoms with van der Waals surface area (Å²) in [6.07, 6.45) is 1.64. The van der Waals surface area contributed by atoms with Gasteiger partial charge in [0.25, 0.3) is 0 Å². The zero-order valence-corrected chi connectivity index (χ0v) is 6.02. The molecule has 0 bridgehead atoms. The summed E-state index contributed by atoms with van der Waals surface area (Å²) in [5.41, 5.74) is 0. The minimum Gasteiger partial charge on any atom is -0.277 e. The van der Waals surface area contributed by atoms with E-state index in [2.05, 4.69) is 0 Å². The first-order valence-electron chi connectivity index (χ1n) is 3.71. The molecule has 0 radical (unpaired) electrons. The standard InChI is InChI=1S/C7H13F2N/c8-5-7-1-3-10(6-9)4-2-7/h7H,1-6H2. The van der Waals surface area contributed by atoms with Gasteiger partial charge in [-0.15, -0.1) is 0 Å². The topological polar surface area (TPSA) is 3.24 Å². The fourth-order valence-corrected chi connectivity index (χ4v) is 1.26. The number of likely N-dealkylation sites (tertiary alicyclic amines) is 1. The molecule has 1 heterocycles. The summed E-state index contributed by atoms with van der Waals surface area (Å²) in [7, 11) is 0. The summed E-state index contributed by atoms with van der Waals surface area (Å²) in [6.45, 7) is 0.843. The largest absolute Gasteiger partial charge is 0.277 e. The second-order valence-corrected chi connectivity index (χ2v) is 2.84. The Labute approximate surface area is 60.0 Å². The minimum atomic E-state index is -0.376. The number of halogens is 2. The lowest BCUT2D eigenvalue weighted by molar-refractivity contribution is 0.119. The third-order valence-electron chi connectivity index (χ3n) is 2.09. The molecule has 0 aliphatic carbocycles. The SMILES string of the molecule is FCC1CCN(CF)CC1. The van der Waals surface area contributed by atoms with Crippen LogP contribution in [0.3, 0.4) is 0 Å². The molecule has 0 amide bonds. The van der Waals surface area contributed by atoms with Crippen LogP contribution in [0.5, 0.6) is 0 Å². The third kappa shape index (κ3) is 1.90. The molecule has 0 spiro atoms. The van der Waals surface area contributed by atoms with Crippen LogP contribution in [0.25, 0.3) is 0 Å². The highest BCUT2D eigenvalue weighted by atomic mass is 19.1. The van der Waals surface area contributed by atoms with Crippen LogP contribution < -0.4 is 0 Å². The highest BCUT2D eigenvalue weighted by molar-refractivity contribution is 4.69. The van der Waals surface area contributed by atoms with Crippen molar-refractivity contribution in [3.63, 3.8) is 0 Å². The zero-order chi connectivity index (χ0) is 7.40. The molecule has 60 valence electrons. The molecule has 1 aliphatic heterocycles. The Hall–Kier alpha value is -0.180. The van der Waals surface area contributed by atoms with Crippen molar-refractivity contribution in [1.29, 1.82) is 0 Å². The van der Waals surface area contributed by atoms with E-state index in [4.69, 9.17) is 0 Å². The Kier molecular flexibility index (Phi) is 3.06. The molecule has 0 saturated carbocycles. The highest BCUT2D eigenvalue weighted by Gasteiger charge is 2.17. The van der Waals surface area contributed by atoms with E-state index in [-0.39, 0.29) is 19.4 Å². The monoisotopic (exact) mass is 149 g/mol. The molecule has 0 atom stereocenters. The molecule has 1 saturated heterocycles. The van der Waals surface area contributed by atoms with Crippen molar-refractivity contribution in [1.82, 2.24) is 4.90 Å². The van der Waals surface area contributed by atoms with Crippen LogP contribution >= 0.6 is 0 Å². The molecule has 3 heteroatoms. The Bertz CT molecular complexity index is 77.6. The smallest absolute Gasteiger partial charge is 0.143 e. The third-order valence-corrected chi connectivity index (χ3v) is 2.09. The Balaban J connectivity index is 2.17. The maximum Gasteiger partial charge on any atom is 0.143 e. The minimum absolute atomic E-state index is 0.197. The van der Waals surface area contributed by atoms with Gasteiger partial charge in [0.1, 0.15) is 6.80 Å². The predicted molar refractivity (Wildman–Crippen MR) is 36.2 cm³/mol. The van der Waals surface area contributed by atoms with Crippen molar-refractivity contribution in [2.24, 2.45) is 5.92 Å². The molecular formula is C7H13F2N. The van der Waals surface area contributed by atoms with Gasteiger partial charge in [0.2, 0.25) is 0 Å². The Morgan fingerprint density at radius 1 is 1.20 bits per heavy atom. The Morgan fingerprint density at radius 3 is 2.20 bits per heavy atom. The van der Waals surface area contributed by atoms with Gasteiger partial charge < -0.3 is 0 Å². The van der Waals surface area contributed by atoms with E-state index in [9.17, 15) is 8.78 Å². The molecular weight excluding hydrogens is 136 g/mol. The maximum atomic E-state index is 12.0. The van der Waals surface area contributed by atoms with Crippen molar-refractivity contribution in [3.05, 3.63) is 0 Å². The summed E-state index contributed by atoms with van der Waals surface area (Å²) in [5.74, 6) is 0.197. The first-order chi connectivity index (χ1) is 4.86. The van der Waals surface area contributed by atoms with Crippen LogP contribution in [0.1, 0.15) is 12.8 Å². The lowest BCUT2D eigenvalue weighted by atomic mass is 9.99. The Morgan fingerprint density at radius 2 is 1.80 bits per heavy atom. The van der Waals surface area contributed by atoms with Crippen LogP contribution in [0.4, 0.5) is 8.78 Å². The van der Waals surface area contributed by atoms with E-state index in [1.54, 1.807) is 4.90 Å². The van der Waals surface area contributed by atoms with Gasteiger partial charge in [0.15, 0.2) is 0 Å². The van der Waals surface area contributed by atoms with Crippen molar-refractivity contribution >= 4 is 0 Å². The van der Waals surface area contributed by atoms with E-state index in [1.165, 1.54) is 0 Å². The predicted octanol–water partition coefficient (Wildman–Crippen LogP) is 1.59. The van der Waals surface area contributed by atoms with Crippen molar-refractivity contribution in [2.45, 2.75) is 12.8 Å². The molecule has 0 unspecified atom stereocenters. The number of hydrogen-bond acceptors (Lipinski definition) is 1. The molecule has 1 aliphatic rings. The molecule has 0 N–H and O–H groups in total. The van der Waals surface area contributed by atoms with E-state index in [1.807, 2.05) is 0 Å². The summed E-state index contributed by atoms with van der Waals surface area (Å²) < 4.78 is 23.9. The lowest BCUT2D eigenvalue weighted by Crippen LogP contribution is -2.33. The second kappa shape index (κ2) is 3.86. The molecule has 0 aromatic heterocycles. The van der Waals surface area contributed by atoms with E-state index in [0.717, 1.165) is 25.9 Å². The van der Waals surface area contributed by atoms with Crippen molar-refractivity contribution in [3.8, 4) is 0 Å². The number of piperidine rings is 1. The van der Waals surface area contributed by atoms with Gasteiger partial charge in [-0.1, -0.05) is 0 Å².